The third kappa shape index (κ3) is 4.79. The van der Waals surface area contributed by atoms with Crippen LogP contribution in [0.4, 0.5) is 5.69 Å². The number of para-hydroxylation sites is 1. The number of hydrogen-bond donors (Lipinski definition) is 3. The predicted molar refractivity (Wildman–Crippen MR) is 97.3 cm³/mol. The van der Waals surface area contributed by atoms with Crippen LogP contribution in [-0.4, -0.2) is 13.5 Å². The number of rotatable bonds is 4. The molecular formula is C14H13Cl2N3O2S2. The van der Waals surface area contributed by atoms with Crippen molar-refractivity contribution in [3.8, 4) is 0 Å². The molecule has 0 saturated carbocycles. The van der Waals surface area contributed by atoms with Crippen molar-refractivity contribution in [3.63, 3.8) is 0 Å². The van der Waals surface area contributed by atoms with Crippen molar-refractivity contribution in [2.75, 3.05) is 5.32 Å². The number of hydrazine groups is 1. The second kappa shape index (κ2) is 7.46. The molecule has 0 unspecified atom stereocenters. The number of anilines is 1. The predicted octanol–water partition coefficient (Wildman–Crippen LogP) is 3.48. The molecule has 0 heterocycles. The number of thiocarbonyl (C=S) groups is 1. The maximum Gasteiger partial charge on any atom is 0.257 e. The van der Waals surface area contributed by atoms with Gasteiger partial charge in [-0.3, -0.25) is 5.43 Å². The van der Waals surface area contributed by atoms with E-state index in [1.807, 2.05) is 19.1 Å². The number of aryl methyl sites for hydroxylation is 1. The molecule has 0 aliphatic heterocycles. The Morgan fingerprint density at radius 3 is 2.35 bits per heavy atom. The summed E-state index contributed by atoms with van der Waals surface area (Å²) in [5.41, 5.74) is 3.92. The summed E-state index contributed by atoms with van der Waals surface area (Å²) in [6.07, 6.45) is 0. The van der Waals surface area contributed by atoms with E-state index in [9.17, 15) is 8.42 Å². The maximum atomic E-state index is 12.1. The highest BCUT2D eigenvalue weighted by molar-refractivity contribution is 7.89. The van der Waals surface area contributed by atoms with Gasteiger partial charge >= 0.3 is 0 Å². The third-order valence-electron chi connectivity index (χ3n) is 2.88. The fraction of sp³-hybridized carbons (Fsp3) is 0.0714. The van der Waals surface area contributed by atoms with Crippen LogP contribution in [0.5, 0.6) is 0 Å². The average molecular weight is 390 g/mol. The first-order valence-electron chi connectivity index (χ1n) is 6.39. The van der Waals surface area contributed by atoms with Crippen LogP contribution in [-0.2, 0) is 10.0 Å². The van der Waals surface area contributed by atoms with E-state index in [2.05, 4.69) is 15.6 Å². The highest BCUT2D eigenvalue weighted by Gasteiger charge is 2.14. The second-order valence-corrected chi connectivity index (χ2v) is 7.50. The molecule has 3 N–H and O–H groups in total. The van der Waals surface area contributed by atoms with Gasteiger partial charge in [0.1, 0.15) is 0 Å². The first-order valence-corrected chi connectivity index (χ1v) is 9.04. The largest absolute Gasteiger partial charge is 0.330 e. The summed E-state index contributed by atoms with van der Waals surface area (Å²) >= 11 is 16.9. The topological polar surface area (TPSA) is 70.2 Å². The molecule has 0 aliphatic rings. The minimum atomic E-state index is -3.76. The van der Waals surface area contributed by atoms with E-state index < -0.39 is 10.0 Å². The molecule has 2 aromatic rings. The highest BCUT2D eigenvalue weighted by atomic mass is 35.5. The Balaban J connectivity index is 2.03. The van der Waals surface area contributed by atoms with Crippen molar-refractivity contribution in [2.24, 2.45) is 0 Å². The van der Waals surface area contributed by atoms with Crippen molar-refractivity contribution >= 4 is 56.2 Å². The Labute approximate surface area is 150 Å². The summed E-state index contributed by atoms with van der Waals surface area (Å²) in [7, 11) is -3.76. The van der Waals surface area contributed by atoms with E-state index in [0.29, 0.717) is 15.7 Å². The van der Waals surface area contributed by atoms with Gasteiger partial charge in [0.25, 0.3) is 10.0 Å². The SMILES string of the molecule is Cc1cccc(Cl)c1NC(=S)NNS(=O)(=O)c1ccc(Cl)cc1. The van der Waals surface area contributed by atoms with Crippen LogP contribution in [0.1, 0.15) is 5.56 Å². The van der Waals surface area contributed by atoms with E-state index in [4.69, 9.17) is 35.4 Å². The molecular weight excluding hydrogens is 377 g/mol. The van der Waals surface area contributed by atoms with Gasteiger partial charge in [-0.05, 0) is 55.0 Å². The zero-order chi connectivity index (χ0) is 17.0. The zero-order valence-electron chi connectivity index (χ0n) is 11.9. The van der Waals surface area contributed by atoms with Crippen molar-refractivity contribution in [2.45, 2.75) is 11.8 Å². The minimum Gasteiger partial charge on any atom is -0.330 e. The lowest BCUT2D eigenvalue weighted by Crippen LogP contribution is -2.43. The first kappa shape index (κ1) is 18.0. The van der Waals surface area contributed by atoms with Crippen LogP contribution in [0.3, 0.4) is 0 Å². The lowest BCUT2D eigenvalue weighted by Gasteiger charge is -2.14. The lowest BCUT2D eigenvalue weighted by atomic mass is 10.2. The molecule has 0 aliphatic carbocycles. The van der Waals surface area contributed by atoms with Gasteiger partial charge in [0.05, 0.1) is 15.6 Å². The Morgan fingerprint density at radius 2 is 1.74 bits per heavy atom. The molecule has 23 heavy (non-hydrogen) atoms. The molecule has 0 amide bonds. The van der Waals surface area contributed by atoms with E-state index in [1.54, 1.807) is 6.07 Å². The molecule has 0 atom stereocenters. The van der Waals surface area contributed by atoms with Crippen LogP contribution >= 0.6 is 35.4 Å². The van der Waals surface area contributed by atoms with Crippen LogP contribution in [0, 0.1) is 6.92 Å². The van der Waals surface area contributed by atoms with Crippen molar-refractivity contribution in [3.05, 3.63) is 58.1 Å². The van der Waals surface area contributed by atoms with Crippen molar-refractivity contribution in [1.82, 2.24) is 10.3 Å². The molecule has 0 saturated heterocycles. The Hall–Kier alpha value is -1.38. The number of benzene rings is 2. The monoisotopic (exact) mass is 389 g/mol. The van der Waals surface area contributed by atoms with E-state index in [1.165, 1.54) is 24.3 Å². The molecule has 0 aromatic heterocycles. The standard InChI is InChI=1S/C14H13Cl2N3O2S2/c1-9-3-2-4-12(16)13(9)17-14(22)18-19-23(20,21)11-7-5-10(15)6-8-11/h2-8,19H,1H3,(H2,17,18,22). The van der Waals surface area contributed by atoms with Gasteiger partial charge < -0.3 is 5.32 Å². The van der Waals surface area contributed by atoms with Gasteiger partial charge in [0.15, 0.2) is 5.11 Å². The number of hydrogen-bond acceptors (Lipinski definition) is 3. The molecule has 0 fully saturated rings. The van der Waals surface area contributed by atoms with Crippen LogP contribution in [0.15, 0.2) is 47.4 Å². The smallest absolute Gasteiger partial charge is 0.257 e. The summed E-state index contributed by atoms with van der Waals surface area (Å²) in [6, 6.07) is 11.1. The Kier molecular flexibility index (Phi) is 5.83. The lowest BCUT2D eigenvalue weighted by molar-refractivity contribution is 0.578. The van der Waals surface area contributed by atoms with Gasteiger partial charge in [-0.15, -0.1) is 4.83 Å². The maximum absolute atomic E-state index is 12.1. The molecule has 9 heteroatoms. The minimum absolute atomic E-state index is 0.0612. The number of nitrogens with one attached hydrogen (secondary N) is 3. The molecule has 5 nitrogen and oxygen atoms in total. The summed E-state index contributed by atoms with van der Waals surface area (Å²) in [5.74, 6) is 0. The van der Waals surface area contributed by atoms with E-state index >= 15 is 0 Å². The van der Waals surface area contributed by atoms with Gasteiger partial charge in [-0.1, -0.05) is 35.3 Å². The second-order valence-electron chi connectivity index (χ2n) is 4.57. The molecule has 0 bridgehead atoms. The average Bonchev–Trinajstić information content (AvgIpc) is 2.50. The van der Waals surface area contributed by atoms with E-state index in [0.717, 1.165) is 5.56 Å². The van der Waals surface area contributed by atoms with Gasteiger partial charge in [0.2, 0.25) is 0 Å². The summed E-state index contributed by atoms with van der Waals surface area (Å²) in [5, 5.41) is 3.85. The quantitative estimate of drug-likeness (QED) is 0.551. The third-order valence-corrected chi connectivity index (χ3v) is 4.92. The van der Waals surface area contributed by atoms with Crippen molar-refractivity contribution in [1.29, 1.82) is 0 Å². The number of halogens is 2. The first-order chi connectivity index (χ1) is 10.8. The van der Waals surface area contributed by atoms with Crippen LogP contribution < -0.4 is 15.6 Å². The summed E-state index contributed by atoms with van der Waals surface area (Å²) in [4.78, 5) is 2.25. The van der Waals surface area contributed by atoms with Crippen LogP contribution in [0.25, 0.3) is 0 Å². The summed E-state index contributed by atoms with van der Waals surface area (Å²) < 4.78 is 24.2. The fourth-order valence-electron chi connectivity index (χ4n) is 1.72. The molecule has 122 valence electrons. The molecule has 2 rings (SSSR count). The molecule has 0 spiro atoms. The Bertz CT molecular complexity index is 804. The normalized spacial score (nSPS) is 11.1. The number of sulfonamides is 1. The summed E-state index contributed by atoms with van der Waals surface area (Å²) in [6.45, 7) is 1.86. The van der Waals surface area contributed by atoms with E-state index in [-0.39, 0.29) is 10.0 Å². The molecule has 0 radical (unpaired) electrons. The van der Waals surface area contributed by atoms with Gasteiger partial charge in [-0.2, -0.15) is 0 Å². The van der Waals surface area contributed by atoms with Crippen molar-refractivity contribution < 1.29 is 8.42 Å². The van der Waals surface area contributed by atoms with Gasteiger partial charge in [0, 0.05) is 5.02 Å². The fourth-order valence-corrected chi connectivity index (χ4v) is 3.18. The highest BCUT2D eigenvalue weighted by Crippen LogP contribution is 2.24. The molecule has 2 aromatic carbocycles. The zero-order valence-corrected chi connectivity index (χ0v) is 15.1. The van der Waals surface area contributed by atoms with Crippen LogP contribution in [0.2, 0.25) is 10.0 Å². The van der Waals surface area contributed by atoms with Gasteiger partial charge in [-0.25, -0.2) is 8.42 Å². The Morgan fingerprint density at radius 1 is 1.09 bits per heavy atom.